The number of aromatic amines is 1. The number of alkyl halides is 3. The van der Waals surface area contributed by atoms with Crippen molar-refractivity contribution in [2.45, 2.75) is 32.5 Å². The lowest BCUT2D eigenvalue weighted by Gasteiger charge is -2.26. The van der Waals surface area contributed by atoms with Crippen LogP contribution in [0, 0.1) is 0 Å². The van der Waals surface area contributed by atoms with Crippen LogP contribution in [0.2, 0.25) is 0 Å². The predicted octanol–water partition coefficient (Wildman–Crippen LogP) is 4.54. The second-order valence-corrected chi connectivity index (χ2v) is 7.80. The van der Waals surface area contributed by atoms with Gasteiger partial charge in [-0.2, -0.15) is 13.2 Å². The number of halogens is 3. The van der Waals surface area contributed by atoms with Crippen LogP contribution in [0.4, 0.5) is 13.2 Å². The number of nitrogens with zero attached hydrogens (tertiary/aromatic N) is 2. The van der Waals surface area contributed by atoms with Crippen molar-refractivity contribution in [2.75, 3.05) is 13.2 Å². The number of hydrogen-bond acceptors (Lipinski definition) is 4. The van der Waals surface area contributed by atoms with E-state index in [9.17, 15) is 22.8 Å². The fourth-order valence-electron chi connectivity index (χ4n) is 4.02. The number of aromatic nitrogens is 2. The van der Waals surface area contributed by atoms with Gasteiger partial charge in [0.25, 0.3) is 0 Å². The monoisotopic (exact) mass is 457 g/mol. The van der Waals surface area contributed by atoms with Crippen LogP contribution in [0.15, 0.2) is 48.8 Å². The number of benzene rings is 1. The van der Waals surface area contributed by atoms with Crippen LogP contribution in [0.1, 0.15) is 40.5 Å². The van der Waals surface area contributed by atoms with Crippen molar-refractivity contribution >= 4 is 11.7 Å². The van der Waals surface area contributed by atoms with E-state index in [4.69, 9.17) is 4.74 Å². The van der Waals surface area contributed by atoms with E-state index in [1.807, 2.05) is 30.3 Å². The Morgan fingerprint density at radius 2 is 1.94 bits per heavy atom. The molecule has 0 radical (unpaired) electrons. The van der Waals surface area contributed by atoms with E-state index in [2.05, 4.69) is 9.97 Å². The van der Waals surface area contributed by atoms with Crippen molar-refractivity contribution < 1.29 is 27.5 Å². The maximum Gasteiger partial charge on any atom is 0.422 e. The van der Waals surface area contributed by atoms with Crippen molar-refractivity contribution in [3.8, 4) is 17.0 Å². The molecule has 0 saturated carbocycles. The maximum atomic E-state index is 13.1. The number of carbonyl (C=O) groups excluding carboxylic acids is 2. The first kappa shape index (κ1) is 22.6. The van der Waals surface area contributed by atoms with Gasteiger partial charge in [-0.3, -0.25) is 14.6 Å². The Hall–Kier alpha value is -3.62. The topological polar surface area (TPSA) is 75.3 Å². The molecule has 172 valence electrons. The summed E-state index contributed by atoms with van der Waals surface area (Å²) >= 11 is 0. The SMILES string of the molecule is CCC(=O)N1CC(=O)c2c([nH]c(-c3ccncc3OCC(F)(F)F)c2Cc2ccccc2)C1. The third kappa shape index (κ3) is 4.92. The predicted molar refractivity (Wildman–Crippen MR) is 115 cm³/mol. The van der Waals surface area contributed by atoms with Crippen LogP contribution in [0.25, 0.3) is 11.3 Å². The number of ether oxygens (including phenoxy) is 1. The molecule has 3 heterocycles. The van der Waals surface area contributed by atoms with Crippen LogP contribution in [-0.2, 0) is 17.8 Å². The lowest BCUT2D eigenvalue weighted by Crippen LogP contribution is -2.39. The molecule has 1 aliphatic heterocycles. The van der Waals surface area contributed by atoms with Gasteiger partial charge in [0.15, 0.2) is 12.4 Å². The molecule has 0 unspecified atom stereocenters. The minimum Gasteiger partial charge on any atom is -0.482 e. The summed E-state index contributed by atoms with van der Waals surface area (Å²) in [6.07, 6.45) is -1.17. The van der Waals surface area contributed by atoms with Gasteiger partial charge in [0.05, 0.1) is 25.0 Å². The zero-order chi connectivity index (χ0) is 23.6. The first-order valence-corrected chi connectivity index (χ1v) is 10.5. The van der Waals surface area contributed by atoms with E-state index < -0.39 is 12.8 Å². The molecule has 0 fully saturated rings. The fraction of sp³-hybridized carbons (Fsp3) is 0.292. The van der Waals surface area contributed by atoms with Gasteiger partial charge < -0.3 is 14.6 Å². The Kier molecular flexibility index (Phi) is 6.22. The zero-order valence-electron chi connectivity index (χ0n) is 17.9. The molecule has 6 nitrogen and oxygen atoms in total. The summed E-state index contributed by atoms with van der Waals surface area (Å²) in [4.78, 5) is 33.9. The summed E-state index contributed by atoms with van der Waals surface area (Å²) in [6.45, 7) is 0.453. The highest BCUT2D eigenvalue weighted by Crippen LogP contribution is 2.38. The van der Waals surface area contributed by atoms with Crippen molar-refractivity contribution in [1.82, 2.24) is 14.9 Å². The minimum absolute atomic E-state index is 0.0352. The molecule has 4 rings (SSSR count). The molecule has 0 bridgehead atoms. The summed E-state index contributed by atoms with van der Waals surface area (Å²) < 4.78 is 43.4. The molecule has 1 N–H and O–H groups in total. The van der Waals surface area contributed by atoms with E-state index in [0.29, 0.717) is 34.5 Å². The molecule has 0 atom stereocenters. The second kappa shape index (κ2) is 9.09. The normalized spacial score (nSPS) is 13.7. The first-order chi connectivity index (χ1) is 15.8. The molecule has 0 spiro atoms. The number of pyridine rings is 1. The van der Waals surface area contributed by atoms with Gasteiger partial charge in [0.1, 0.15) is 5.75 Å². The number of ketones is 1. The average Bonchev–Trinajstić information content (AvgIpc) is 3.16. The Balaban J connectivity index is 1.82. The average molecular weight is 457 g/mol. The summed E-state index contributed by atoms with van der Waals surface area (Å²) in [6, 6.07) is 11.0. The van der Waals surface area contributed by atoms with Crippen LogP contribution in [-0.4, -0.2) is 45.9 Å². The van der Waals surface area contributed by atoms with E-state index >= 15 is 0 Å². The minimum atomic E-state index is -4.51. The van der Waals surface area contributed by atoms with Gasteiger partial charge in [-0.25, -0.2) is 0 Å². The van der Waals surface area contributed by atoms with Crippen molar-refractivity contribution in [3.05, 3.63) is 71.2 Å². The maximum absolute atomic E-state index is 13.1. The van der Waals surface area contributed by atoms with Crippen LogP contribution in [0.5, 0.6) is 5.75 Å². The molecule has 1 amide bonds. The second-order valence-electron chi connectivity index (χ2n) is 7.80. The van der Waals surface area contributed by atoms with E-state index in [1.165, 1.54) is 17.3 Å². The van der Waals surface area contributed by atoms with Gasteiger partial charge in [0.2, 0.25) is 5.91 Å². The Labute approximate surface area is 188 Å². The highest BCUT2D eigenvalue weighted by Gasteiger charge is 2.33. The number of rotatable bonds is 6. The standard InChI is InChI=1S/C24H22F3N3O3/c1-2-21(32)30-12-18-22(19(31)13-30)17(10-15-6-4-3-5-7-15)23(29-18)16-8-9-28-11-20(16)33-14-24(25,26)27/h3-9,11,29H,2,10,12-14H2,1H3. The molecule has 1 aliphatic rings. The number of nitrogens with one attached hydrogen (secondary N) is 1. The van der Waals surface area contributed by atoms with Crippen LogP contribution in [0.3, 0.4) is 0 Å². The molecular formula is C24H22F3N3O3. The van der Waals surface area contributed by atoms with Gasteiger partial charge in [-0.05, 0) is 17.2 Å². The number of Topliss-reactive ketones (excluding diaryl/α,β-unsaturated/α-hetero) is 1. The van der Waals surface area contributed by atoms with Gasteiger partial charge in [-0.1, -0.05) is 37.3 Å². The summed E-state index contributed by atoms with van der Waals surface area (Å²) in [5.41, 5.74) is 3.50. The Morgan fingerprint density at radius 1 is 1.18 bits per heavy atom. The third-order valence-electron chi connectivity index (χ3n) is 5.47. The Bertz CT molecular complexity index is 1170. The molecule has 33 heavy (non-hydrogen) atoms. The summed E-state index contributed by atoms with van der Waals surface area (Å²) in [7, 11) is 0. The molecule has 3 aromatic rings. The van der Waals surface area contributed by atoms with Crippen molar-refractivity contribution in [3.63, 3.8) is 0 Å². The van der Waals surface area contributed by atoms with Gasteiger partial charge >= 0.3 is 6.18 Å². The molecular weight excluding hydrogens is 435 g/mol. The Morgan fingerprint density at radius 3 is 2.64 bits per heavy atom. The molecule has 2 aromatic heterocycles. The third-order valence-corrected chi connectivity index (χ3v) is 5.47. The highest BCUT2D eigenvalue weighted by atomic mass is 19.4. The molecule has 0 saturated heterocycles. The van der Waals surface area contributed by atoms with Crippen LogP contribution >= 0.6 is 0 Å². The van der Waals surface area contributed by atoms with Crippen molar-refractivity contribution in [1.29, 1.82) is 0 Å². The van der Waals surface area contributed by atoms with Gasteiger partial charge in [0, 0.05) is 35.9 Å². The summed E-state index contributed by atoms with van der Waals surface area (Å²) in [5.74, 6) is -0.400. The number of H-pyrrole nitrogens is 1. The van der Waals surface area contributed by atoms with E-state index in [0.717, 1.165) is 5.56 Å². The largest absolute Gasteiger partial charge is 0.482 e. The number of amides is 1. The van der Waals surface area contributed by atoms with Crippen molar-refractivity contribution in [2.24, 2.45) is 0 Å². The quantitative estimate of drug-likeness (QED) is 0.590. The van der Waals surface area contributed by atoms with Gasteiger partial charge in [-0.15, -0.1) is 0 Å². The molecule has 1 aromatic carbocycles. The molecule has 0 aliphatic carbocycles. The number of carbonyl (C=O) groups is 2. The lowest BCUT2D eigenvalue weighted by molar-refractivity contribution is -0.153. The van der Waals surface area contributed by atoms with E-state index in [1.54, 1.807) is 13.0 Å². The lowest BCUT2D eigenvalue weighted by atomic mass is 9.93. The highest BCUT2D eigenvalue weighted by molar-refractivity contribution is 6.04. The number of fused-ring (bicyclic) bond motifs is 1. The van der Waals surface area contributed by atoms with Crippen LogP contribution < -0.4 is 4.74 Å². The smallest absolute Gasteiger partial charge is 0.422 e. The fourth-order valence-corrected chi connectivity index (χ4v) is 4.02. The zero-order valence-corrected chi connectivity index (χ0v) is 17.9. The van der Waals surface area contributed by atoms with E-state index in [-0.39, 0.29) is 37.0 Å². The number of hydrogen-bond donors (Lipinski definition) is 1. The first-order valence-electron chi connectivity index (χ1n) is 10.5. The molecule has 9 heteroatoms. The summed E-state index contributed by atoms with van der Waals surface area (Å²) in [5, 5.41) is 0.